The summed E-state index contributed by atoms with van der Waals surface area (Å²) in [6, 6.07) is 0. The zero-order chi connectivity index (χ0) is 31.3. The minimum Gasteiger partial charge on any atom is -0.381 e. The van der Waals surface area contributed by atoms with Gasteiger partial charge in [-0.05, 0) is 68.4 Å². The van der Waals surface area contributed by atoms with Crippen LogP contribution in [0.15, 0.2) is 4.63 Å². The molecule has 2 saturated heterocycles. The fraction of sp³-hybridized carbons (Fsp3) is 0.700. The number of carbonyl (C=O) groups excluding carboxylic acids is 2. The van der Waals surface area contributed by atoms with Gasteiger partial charge >= 0.3 is 6.18 Å². The number of carbonyl (C=O) groups is 2. The molecule has 242 valence electrons. The minimum absolute atomic E-state index is 0.0188. The Morgan fingerprint density at radius 1 is 1.00 bits per heavy atom. The van der Waals surface area contributed by atoms with Gasteiger partial charge in [-0.25, -0.2) is 19.1 Å². The Hall–Kier alpha value is -3.62. The number of amides is 2. The molecule has 2 aliphatic heterocycles. The highest BCUT2D eigenvalue weighted by Gasteiger charge is 2.46. The lowest BCUT2D eigenvalue weighted by Gasteiger charge is -2.35. The van der Waals surface area contributed by atoms with Crippen molar-refractivity contribution in [2.24, 2.45) is 23.7 Å². The first-order chi connectivity index (χ1) is 21.7. The number of ether oxygens (including phenoxy) is 1. The van der Waals surface area contributed by atoms with Crippen LogP contribution in [0.2, 0.25) is 0 Å². The van der Waals surface area contributed by atoms with Crippen molar-refractivity contribution in [2.75, 3.05) is 19.8 Å². The van der Waals surface area contributed by atoms with E-state index < -0.39 is 36.4 Å². The first-order valence-electron chi connectivity index (χ1n) is 16.0. The van der Waals surface area contributed by atoms with Crippen molar-refractivity contribution in [1.82, 2.24) is 40.5 Å². The van der Waals surface area contributed by atoms with Crippen LogP contribution in [-0.2, 0) is 28.9 Å². The Morgan fingerprint density at radius 2 is 1.78 bits per heavy atom. The fourth-order valence-electron chi connectivity index (χ4n) is 7.21. The van der Waals surface area contributed by atoms with E-state index in [1.54, 1.807) is 4.52 Å². The van der Waals surface area contributed by atoms with E-state index in [4.69, 9.17) is 24.4 Å². The summed E-state index contributed by atoms with van der Waals surface area (Å²) in [4.78, 5) is 35.7. The number of nitrogens with zero attached hydrogens (tertiary/aromatic N) is 6. The molecule has 0 bridgehead atoms. The highest BCUT2D eigenvalue weighted by Crippen LogP contribution is 2.53. The molecule has 45 heavy (non-hydrogen) atoms. The van der Waals surface area contributed by atoms with Crippen LogP contribution in [0.3, 0.4) is 0 Å². The van der Waals surface area contributed by atoms with E-state index in [-0.39, 0.29) is 36.9 Å². The predicted molar refractivity (Wildman–Crippen MR) is 151 cm³/mol. The Labute approximate surface area is 257 Å². The van der Waals surface area contributed by atoms with Crippen LogP contribution >= 0.6 is 0 Å². The third-order valence-corrected chi connectivity index (χ3v) is 10.0. The number of hydrogen-bond donors (Lipinski definition) is 2. The topological polar surface area (TPSA) is 149 Å². The van der Waals surface area contributed by atoms with Crippen molar-refractivity contribution in [2.45, 2.75) is 89.3 Å². The second-order valence-corrected chi connectivity index (χ2v) is 13.0. The van der Waals surface area contributed by atoms with Gasteiger partial charge in [0.1, 0.15) is 5.69 Å². The maximum absolute atomic E-state index is 13.7. The first-order valence-corrected chi connectivity index (χ1v) is 16.0. The summed E-state index contributed by atoms with van der Waals surface area (Å²) in [7, 11) is 0. The van der Waals surface area contributed by atoms with Gasteiger partial charge in [0.2, 0.25) is 5.91 Å². The Bertz CT molecular complexity index is 1570. The van der Waals surface area contributed by atoms with Gasteiger partial charge in [0, 0.05) is 43.9 Å². The number of nitrogens with one attached hydrogen (secondary N) is 2. The van der Waals surface area contributed by atoms with E-state index in [1.165, 1.54) is 12.8 Å². The number of aromatic nitrogens is 6. The summed E-state index contributed by atoms with van der Waals surface area (Å²) in [6.07, 6.45) is 1.67. The largest absolute Gasteiger partial charge is 0.393 e. The number of rotatable bonds is 9. The van der Waals surface area contributed by atoms with Crippen molar-refractivity contribution in [1.29, 1.82) is 0 Å². The third kappa shape index (κ3) is 6.02. The maximum Gasteiger partial charge on any atom is 0.393 e. The first kappa shape index (κ1) is 30.1. The molecule has 2 N–H and O–H groups in total. The maximum atomic E-state index is 13.7. The molecule has 0 aromatic carbocycles. The number of alkyl halides is 3. The van der Waals surface area contributed by atoms with Crippen LogP contribution in [0.4, 0.5) is 13.2 Å². The number of imidazole rings is 1. The lowest BCUT2D eigenvalue weighted by molar-refractivity contribution is -0.183. The molecule has 15 heteroatoms. The number of halogens is 3. The molecule has 2 saturated carbocycles. The molecule has 2 atom stereocenters. The van der Waals surface area contributed by atoms with Gasteiger partial charge in [0.25, 0.3) is 11.7 Å². The van der Waals surface area contributed by atoms with Crippen LogP contribution in [0.25, 0.3) is 5.78 Å². The third-order valence-electron chi connectivity index (χ3n) is 10.0. The van der Waals surface area contributed by atoms with Crippen molar-refractivity contribution in [3.8, 4) is 0 Å². The van der Waals surface area contributed by atoms with Crippen LogP contribution in [-0.4, -0.2) is 67.6 Å². The lowest BCUT2D eigenvalue weighted by Crippen LogP contribution is -2.47. The summed E-state index contributed by atoms with van der Waals surface area (Å²) < 4.78 is 53.0. The Kier molecular flexibility index (Phi) is 7.98. The van der Waals surface area contributed by atoms with Crippen molar-refractivity contribution in [3.63, 3.8) is 0 Å². The van der Waals surface area contributed by atoms with Gasteiger partial charge in [-0.3, -0.25) is 9.59 Å². The standard InChI is InChI=1S/C30H37F3N8O4/c1-2-21-25(40-45-39-21)28(43)35-14-23-26(18-9-17(10-18)15-3-4-15)41-29(36-23)37-24(16-5-7-44-8-6-16)22(38-41)12-19-11-20(30(31,32)33)13-34-27(19)42/h15-20H,2-14H2,1H3,(H,34,42)(H,35,43)/t17?,18?,19-,20-/m1/s1. The van der Waals surface area contributed by atoms with Gasteiger partial charge in [0.05, 0.1) is 35.2 Å². The molecule has 2 aliphatic carbocycles. The average molecular weight is 631 g/mol. The summed E-state index contributed by atoms with van der Waals surface area (Å²) in [5, 5.41) is 17.9. The number of hydrogen-bond acceptors (Lipinski definition) is 9. The zero-order valence-electron chi connectivity index (χ0n) is 25.1. The molecule has 4 aliphatic rings. The van der Waals surface area contributed by atoms with Gasteiger partial charge < -0.3 is 15.4 Å². The summed E-state index contributed by atoms with van der Waals surface area (Å²) in [5.41, 5.74) is 3.26. The second-order valence-electron chi connectivity index (χ2n) is 13.0. The molecule has 4 fully saturated rings. The van der Waals surface area contributed by atoms with E-state index in [1.807, 2.05) is 6.92 Å². The van der Waals surface area contributed by atoms with Crippen LogP contribution in [0, 0.1) is 23.7 Å². The van der Waals surface area contributed by atoms with Gasteiger partial charge in [0.15, 0.2) is 5.69 Å². The Morgan fingerprint density at radius 3 is 2.49 bits per heavy atom. The smallest absolute Gasteiger partial charge is 0.381 e. The molecule has 5 heterocycles. The second kappa shape index (κ2) is 12.0. The SMILES string of the molecule is CCc1nonc1C(=O)NCc1nc2nc(C3CCOCC3)c(C[C@H]3C[C@@H](C(F)(F)F)CNC3=O)nn2c1C1CC(C2CC2)C1. The summed E-state index contributed by atoms with van der Waals surface area (Å²) in [6.45, 7) is 2.63. The molecule has 0 unspecified atom stereocenters. The normalized spacial score (nSPS) is 26.1. The summed E-state index contributed by atoms with van der Waals surface area (Å²) >= 11 is 0. The molecule has 7 rings (SSSR count). The molecule has 0 radical (unpaired) electrons. The highest BCUT2D eigenvalue weighted by atomic mass is 19.4. The van der Waals surface area contributed by atoms with E-state index in [2.05, 4.69) is 20.9 Å². The Balaban J connectivity index is 1.24. The molecule has 3 aromatic rings. The lowest BCUT2D eigenvalue weighted by atomic mass is 9.70. The number of fused-ring (bicyclic) bond motifs is 1. The molecule has 3 aromatic heterocycles. The van der Waals surface area contributed by atoms with Gasteiger partial charge in [-0.15, -0.1) is 0 Å². The average Bonchev–Trinajstić information content (AvgIpc) is 3.61. The quantitative estimate of drug-likeness (QED) is 0.361. The van der Waals surface area contributed by atoms with E-state index in [9.17, 15) is 22.8 Å². The highest BCUT2D eigenvalue weighted by molar-refractivity contribution is 5.93. The predicted octanol–water partition coefficient (Wildman–Crippen LogP) is 3.65. The monoisotopic (exact) mass is 630 g/mol. The van der Waals surface area contributed by atoms with E-state index in [0.717, 1.165) is 24.5 Å². The van der Waals surface area contributed by atoms with E-state index in [0.29, 0.717) is 66.9 Å². The van der Waals surface area contributed by atoms with Gasteiger partial charge in [-0.1, -0.05) is 12.1 Å². The number of piperidine rings is 1. The van der Waals surface area contributed by atoms with Crippen molar-refractivity contribution in [3.05, 3.63) is 34.2 Å². The van der Waals surface area contributed by atoms with Gasteiger partial charge in [-0.2, -0.15) is 18.3 Å². The number of aryl methyl sites for hydroxylation is 1. The van der Waals surface area contributed by atoms with Crippen LogP contribution in [0.5, 0.6) is 0 Å². The molecular weight excluding hydrogens is 593 g/mol. The fourth-order valence-corrected chi connectivity index (χ4v) is 7.21. The molecule has 2 amide bonds. The van der Waals surface area contributed by atoms with Crippen LogP contribution in [0.1, 0.15) is 103 Å². The summed E-state index contributed by atoms with van der Waals surface area (Å²) in [5.74, 6) is -1.40. The van der Waals surface area contributed by atoms with Crippen molar-refractivity contribution >= 4 is 17.6 Å². The minimum atomic E-state index is -4.40. The van der Waals surface area contributed by atoms with Crippen LogP contribution < -0.4 is 10.6 Å². The zero-order valence-corrected chi connectivity index (χ0v) is 25.1. The van der Waals surface area contributed by atoms with Crippen molar-refractivity contribution < 1.29 is 32.1 Å². The van der Waals surface area contributed by atoms with E-state index >= 15 is 0 Å². The molecule has 0 spiro atoms. The molecule has 12 nitrogen and oxygen atoms in total. The molecular formula is C30H37F3N8O4.